The van der Waals surface area contributed by atoms with Crippen molar-refractivity contribution in [3.8, 4) is 11.1 Å². The molecular weight excluding hydrogens is 426 g/mol. The molecule has 0 bridgehead atoms. The van der Waals surface area contributed by atoms with E-state index in [9.17, 15) is 9.18 Å². The lowest BCUT2D eigenvalue weighted by Gasteiger charge is -2.34. The van der Waals surface area contributed by atoms with Gasteiger partial charge in [0.25, 0.3) is 0 Å². The van der Waals surface area contributed by atoms with Gasteiger partial charge in [0.1, 0.15) is 17.5 Å². The average molecular weight is 443 g/mol. The highest BCUT2D eigenvalue weighted by atomic mass is 35.5. The molecule has 10 heteroatoms. The minimum absolute atomic E-state index is 0.0338. The van der Waals surface area contributed by atoms with Gasteiger partial charge in [0.2, 0.25) is 5.91 Å². The number of imidazole rings is 1. The van der Waals surface area contributed by atoms with Crippen molar-refractivity contribution in [3.05, 3.63) is 41.6 Å². The molecule has 2 fully saturated rings. The summed E-state index contributed by atoms with van der Waals surface area (Å²) in [6.07, 6.45) is 5.24. The second kappa shape index (κ2) is 6.65. The maximum atomic E-state index is 15.3. The van der Waals surface area contributed by atoms with Crippen molar-refractivity contribution >= 4 is 45.6 Å². The predicted molar refractivity (Wildman–Crippen MR) is 114 cm³/mol. The van der Waals surface area contributed by atoms with Gasteiger partial charge < -0.3 is 14.6 Å². The van der Waals surface area contributed by atoms with Crippen LogP contribution in [0, 0.1) is 11.7 Å². The van der Waals surface area contributed by atoms with Gasteiger partial charge in [-0.1, -0.05) is 11.6 Å². The van der Waals surface area contributed by atoms with Crippen LogP contribution in [0.25, 0.3) is 27.7 Å². The van der Waals surface area contributed by atoms with Gasteiger partial charge in [-0.3, -0.25) is 9.89 Å². The summed E-state index contributed by atoms with van der Waals surface area (Å²) in [6, 6.07) is 3.55. The van der Waals surface area contributed by atoms with Crippen molar-refractivity contribution in [2.75, 3.05) is 23.3 Å². The molecule has 7 nitrogen and oxygen atoms in total. The van der Waals surface area contributed by atoms with Crippen molar-refractivity contribution in [2.24, 2.45) is 5.92 Å². The third-order valence-electron chi connectivity index (χ3n) is 5.98. The Bertz CT molecular complexity index is 1360. The van der Waals surface area contributed by atoms with Crippen LogP contribution in [0.4, 0.5) is 20.3 Å². The van der Waals surface area contributed by atoms with Crippen molar-refractivity contribution in [3.63, 3.8) is 0 Å². The molecule has 2 atom stereocenters. The molecule has 2 N–H and O–H groups in total. The first-order chi connectivity index (χ1) is 15.0. The summed E-state index contributed by atoms with van der Waals surface area (Å²) in [6.45, 7) is 1.56. The Morgan fingerprint density at radius 2 is 2.10 bits per heavy atom. The van der Waals surface area contributed by atoms with Crippen LogP contribution in [0.3, 0.4) is 0 Å². The fraction of sp³-hybridized carbons (Fsp3) is 0.286. The molecule has 4 heterocycles. The van der Waals surface area contributed by atoms with Gasteiger partial charge in [-0.15, -0.1) is 0 Å². The van der Waals surface area contributed by atoms with E-state index in [0.717, 1.165) is 24.9 Å². The van der Waals surface area contributed by atoms with Crippen molar-refractivity contribution in [1.29, 1.82) is 0 Å². The number of fused-ring (bicyclic) bond motifs is 2. The van der Waals surface area contributed by atoms with E-state index in [2.05, 4.69) is 20.5 Å². The number of nitrogens with zero attached hydrogens (tertiary/aromatic N) is 4. The summed E-state index contributed by atoms with van der Waals surface area (Å²) in [4.78, 5) is 18.3. The van der Waals surface area contributed by atoms with Gasteiger partial charge in [0.15, 0.2) is 11.6 Å². The largest absolute Gasteiger partial charge is 0.367 e. The zero-order valence-corrected chi connectivity index (χ0v) is 17.0. The monoisotopic (exact) mass is 442 g/mol. The third-order valence-corrected chi connectivity index (χ3v) is 6.33. The minimum Gasteiger partial charge on any atom is -0.367 e. The van der Waals surface area contributed by atoms with E-state index in [1.165, 1.54) is 0 Å². The lowest BCUT2D eigenvalue weighted by molar-refractivity contribution is -0.117. The smallest absolute Gasteiger partial charge is 0.231 e. The number of hydrogen-bond donors (Lipinski definition) is 2. The number of anilines is 2. The van der Waals surface area contributed by atoms with Gasteiger partial charge >= 0.3 is 0 Å². The second-order valence-electron chi connectivity index (χ2n) is 8.01. The highest BCUT2D eigenvalue weighted by molar-refractivity contribution is 6.36. The number of benzene rings is 1. The normalized spacial score (nSPS) is 20.3. The van der Waals surface area contributed by atoms with Crippen molar-refractivity contribution in [1.82, 2.24) is 19.6 Å². The highest BCUT2D eigenvalue weighted by Gasteiger charge is 2.43. The first-order valence-corrected chi connectivity index (χ1v) is 10.4. The van der Waals surface area contributed by atoms with Crippen LogP contribution in [-0.2, 0) is 4.79 Å². The fourth-order valence-corrected chi connectivity index (χ4v) is 4.37. The van der Waals surface area contributed by atoms with E-state index in [1.807, 2.05) is 4.90 Å². The lowest BCUT2D eigenvalue weighted by Crippen LogP contribution is -2.37. The molecule has 1 aromatic carbocycles. The average Bonchev–Trinajstić information content (AvgIpc) is 3.09. The molecule has 4 aromatic rings. The molecule has 1 saturated heterocycles. The zero-order valence-electron chi connectivity index (χ0n) is 16.2. The van der Waals surface area contributed by atoms with E-state index in [0.29, 0.717) is 33.8 Å². The number of carbonyl (C=O) groups is 1. The number of alkyl halides is 1. The van der Waals surface area contributed by atoms with Crippen LogP contribution in [0.5, 0.6) is 0 Å². The second-order valence-corrected chi connectivity index (χ2v) is 8.39. The van der Waals surface area contributed by atoms with Gasteiger partial charge in [0.05, 0.1) is 28.9 Å². The summed E-state index contributed by atoms with van der Waals surface area (Å²) in [5, 5.41) is 10.4. The van der Waals surface area contributed by atoms with Crippen LogP contribution >= 0.6 is 11.6 Å². The molecule has 1 amide bonds. The van der Waals surface area contributed by atoms with Gasteiger partial charge in [0, 0.05) is 35.8 Å². The van der Waals surface area contributed by atoms with Gasteiger partial charge in [-0.2, -0.15) is 5.10 Å². The number of aromatic amines is 1. The molecule has 1 aliphatic heterocycles. The maximum absolute atomic E-state index is 15.3. The Hall–Kier alpha value is -3.20. The number of amides is 1. The van der Waals surface area contributed by atoms with Gasteiger partial charge in [-0.25, -0.2) is 13.8 Å². The molecule has 158 valence electrons. The molecule has 3 aromatic heterocycles. The van der Waals surface area contributed by atoms with Crippen LogP contribution in [0.15, 0.2) is 30.7 Å². The van der Waals surface area contributed by atoms with E-state index < -0.39 is 17.9 Å². The van der Waals surface area contributed by atoms with Crippen molar-refractivity contribution in [2.45, 2.75) is 19.0 Å². The Morgan fingerprint density at radius 1 is 1.29 bits per heavy atom. The summed E-state index contributed by atoms with van der Waals surface area (Å²) in [5.74, 6) is -1.11. The maximum Gasteiger partial charge on any atom is 0.231 e. The number of rotatable bonds is 4. The SMILES string of the molecule is O=C(Nc1cn2cc(-c3c(Cl)c(F)c(N4CCC4)c4[nH]ncc34)ccc2n1)[C@@H]1C[C@@H]1F. The number of nitrogens with one attached hydrogen (secondary N) is 2. The summed E-state index contributed by atoms with van der Waals surface area (Å²) in [7, 11) is 0. The number of H-pyrrole nitrogens is 1. The molecule has 0 radical (unpaired) electrons. The molecule has 2 aliphatic rings. The quantitative estimate of drug-likeness (QED) is 0.497. The molecule has 0 unspecified atom stereocenters. The number of carbonyl (C=O) groups excluding carboxylic acids is 1. The summed E-state index contributed by atoms with van der Waals surface area (Å²) in [5.41, 5.74) is 2.86. The molecular formula is C21H17ClF2N6O. The van der Waals surface area contributed by atoms with E-state index in [1.54, 1.807) is 35.1 Å². The molecule has 6 rings (SSSR count). The van der Waals surface area contributed by atoms with E-state index in [-0.39, 0.29) is 17.4 Å². The Kier molecular flexibility index (Phi) is 3.98. The fourth-order valence-electron chi connectivity index (χ4n) is 4.07. The Morgan fingerprint density at radius 3 is 2.81 bits per heavy atom. The van der Waals surface area contributed by atoms with Crippen LogP contribution in [0.2, 0.25) is 5.02 Å². The Balaban J connectivity index is 1.42. The molecule has 1 saturated carbocycles. The van der Waals surface area contributed by atoms with Crippen molar-refractivity contribution < 1.29 is 13.6 Å². The van der Waals surface area contributed by atoms with E-state index >= 15 is 4.39 Å². The number of hydrogen-bond acceptors (Lipinski definition) is 4. The first kappa shape index (κ1) is 18.6. The first-order valence-electron chi connectivity index (χ1n) is 10.0. The van der Waals surface area contributed by atoms with Crippen LogP contribution in [-0.4, -0.2) is 44.8 Å². The highest BCUT2D eigenvalue weighted by Crippen LogP contribution is 2.43. The van der Waals surface area contributed by atoms with Gasteiger partial charge in [-0.05, 0) is 25.0 Å². The third kappa shape index (κ3) is 2.87. The van der Waals surface area contributed by atoms with E-state index in [4.69, 9.17) is 11.6 Å². The minimum atomic E-state index is -1.07. The molecule has 31 heavy (non-hydrogen) atoms. The molecule has 1 aliphatic carbocycles. The number of halogens is 3. The lowest BCUT2D eigenvalue weighted by atomic mass is 10.0. The topological polar surface area (TPSA) is 78.3 Å². The van der Waals surface area contributed by atoms with Crippen LogP contribution in [0.1, 0.15) is 12.8 Å². The predicted octanol–water partition coefficient (Wildman–Crippen LogP) is 4.18. The Labute approximate surface area is 180 Å². The molecule has 0 spiro atoms. The number of aromatic nitrogens is 4. The standard InChI is InChI=1S/C21H17ClF2N6O/c22-17-16(12-7-25-28-19(12)20(18(17)24)29-4-1-5-29)10-2-3-15-26-14(9-30(15)8-10)27-21(31)11-6-13(11)23/h2-3,7-9,11,13H,1,4-6H2,(H,25,28)(H,27,31)/t11-,13+/m1/s1. The summed E-state index contributed by atoms with van der Waals surface area (Å²) >= 11 is 6.51. The zero-order chi connectivity index (χ0) is 21.3. The summed E-state index contributed by atoms with van der Waals surface area (Å²) < 4.78 is 30.1. The number of pyridine rings is 1. The van der Waals surface area contributed by atoms with Crippen LogP contribution < -0.4 is 10.2 Å².